The molecule has 0 saturated carbocycles. The quantitative estimate of drug-likeness (QED) is 0.569. The molecule has 0 aliphatic rings. The van der Waals surface area contributed by atoms with E-state index in [0.29, 0.717) is 22.7 Å². The highest BCUT2D eigenvalue weighted by Gasteiger charge is 2.18. The third-order valence-electron chi connectivity index (χ3n) is 3.54. The van der Waals surface area contributed by atoms with Crippen molar-refractivity contribution in [1.82, 2.24) is 0 Å². The molecule has 2 rings (SSSR count). The van der Waals surface area contributed by atoms with Crippen molar-refractivity contribution in [2.45, 2.75) is 13.8 Å². The van der Waals surface area contributed by atoms with Gasteiger partial charge in [-0.05, 0) is 36.8 Å². The minimum Gasteiger partial charge on any atom is -0.490 e. The number of hydrogen-bond donors (Lipinski definition) is 2. The van der Waals surface area contributed by atoms with Crippen molar-refractivity contribution in [3.63, 3.8) is 0 Å². The number of carbonyl (C=O) groups is 2. The molecule has 9 nitrogen and oxygen atoms in total. The molecule has 2 amide bonds. The number of methoxy groups -OCH3 is 1. The highest BCUT2D eigenvalue weighted by atomic mass is 16.6. The smallest absolute Gasteiger partial charge is 0.311 e. The Bertz CT molecular complexity index is 864. The molecule has 0 spiro atoms. The molecule has 0 aromatic heterocycles. The fraction of sp³-hybridized carbons (Fsp3) is 0.222. The zero-order chi connectivity index (χ0) is 20.0. The highest BCUT2D eigenvalue weighted by molar-refractivity contribution is 5.93. The van der Waals surface area contributed by atoms with E-state index >= 15 is 0 Å². The summed E-state index contributed by atoms with van der Waals surface area (Å²) in [7, 11) is 1.32. The van der Waals surface area contributed by atoms with Crippen LogP contribution in [0.1, 0.15) is 12.5 Å². The molecule has 0 fully saturated rings. The standard InChI is InChI=1S/C18H19N3O6/c1-11-8-16(21(24)25)17(26-3)9-15(11)20-18(23)10-27-14-6-4-13(5-7-14)19-12(2)22/h4-9H,10H2,1-3H3,(H,19,22)(H,20,23). The number of amides is 2. The molecule has 0 radical (unpaired) electrons. The van der Waals surface area contributed by atoms with Crippen LogP contribution in [0.25, 0.3) is 0 Å². The average Bonchev–Trinajstić information content (AvgIpc) is 2.62. The number of nitrogens with one attached hydrogen (secondary N) is 2. The van der Waals surface area contributed by atoms with Crippen molar-refractivity contribution < 1.29 is 24.0 Å². The lowest BCUT2D eigenvalue weighted by atomic mass is 10.1. The number of ether oxygens (including phenoxy) is 2. The molecule has 0 aliphatic carbocycles. The van der Waals surface area contributed by atoms with Crippen LogP contribution in [0.2, 0.25) is 0 Å². The van der Waals surface area contributed by atoms with Crippen molar-refractivity contribution in [3.8, 4) is 11.5 Å². The number of anilines is 2. The van der Waals surface area contributed by atoms with Gasteiger partial charge in [0.1, 0.15) is 5.75 Å². The molecular formula is C18H19N3O6. The van der Waals surface area contributed by atoms with Gasteiger partial charge in [0, 0.05) is 30.4 Å². The molecule has 9 heteroatoms. The summed E-state index contributed by atoms with van der Waals surface area (Å²) in [4.78, 5) is 33.5. The summed E-state index contributed by atoms with van der Waals surface area (Å²) < 4.78 is 10.4. The SMILES string of the molecule is COc1cc(NC(=O)COc2ccc(NC(C)=O)cc2)c(C)cc1[N+](=O)[O-]. The molecule has 0 heterocycles. The van der Waals surface area contributed by atoms with Gasteiger partial charge in [0.2, 0.25) is 5.91 Å². The number of nitro benzene ring substituents is 1. The predicted molar refractivity (Wildman–Crippen MR) is 99.3 cm³/mol. The van der Waals surface area contributed by atoms with Gasteiger partial charge in [-0.15, -0.1) is 0 Å². The molecule has 2 aromatic rings. The van der Waals surface area contributed by atoms with E-state index in [9.17, 15) is 19.7 Å². The van der Waals surface area contributed by atoms with E-state index in [1.165, 1.54) is 26.2 Å². The average molecular weight is 373 g/mol. The van der Waals surface area contributed by atoms with Crippen LogP contribution in [-0.2, 0) is 9.59 Å². The van der Waals surface area contributed by atoms with Gasteiger partial charge in [0.05, 0.1) is 12.0 Å². The summed E-state index contributed by atoms with van der Waals surface area (Å²) >= 11 is 0. The first-order valence-electron chi connectivity index (χ1n) is 7.93. The monoisotopic (exact) mass is 373 g/mol. The van der Waals surface area contributed by atoms with Crippen LogP contribution in [0.4, 0.5) is 17.1 Å². The highest BCUT2D eigenvalue weighted by Crippen LogP contribution is 2.32. The third-order valence-corrected chi connectivity index (χ3v) is 3.54. The fourth-order valence-corrected chi connectivity index (χ4v) is 2.29. The van der Waals surface area contributed by atoms with Crippen molar-refractivity contribution in [2.75, 3.05) is 24.4 Å². The van der Waals surface area contributed by atoms with E-state index in [1.54, 1.807) is 31.2 Å². The topological polar surface area (TPSA) is 120 Å². The molecule has 2 N–H and O–H groups in total. The predicted octanol–water partition coefficient (Wildman–Crippen LogP) is 2.89. The summed E-state index contributed by atoms with van der Waals surface area (Å²) in [5, 5.41) is 16.3. The van der Waals surface area contributed by atoms with E-state index in [0.717, 1.165) is 0 Å². The van der Waals surface area contributed by atoms with E-state index < -0.39 is 10.8 Å². The first kappa shape index (κ1) is 19.7. The number of carbonyl (C=O) groups excluding carboxylic acids is 2. The molecule has 2 aromatic carbocycles. The minimum atomic E-state index is -0.550. The summed E-state index contributed by atoms with van der Waals surface area (Å²) in [6, 6.07) is 9.28. The molecule has 0 bridgehead atoms. The zero-order valence-corrected chi connectivity index (χ0v) is 15.1. The van der Waals surface area contributed by atoms with Crippen LogP contribution in [0.3, 0.4) is 0 Å². The van der Waals surface area contributed by atoms with E-state index in [1.807, 2.05) is 0 Å². The van der Waals surface area contributed by atoms with Gasteiger partial charge in [-0.25, -0.2) is 0 Å². The van der Waals surface area contributed by atoms with Crippen molar-refractivity contribution in [3.05, 3.63) is 52.1 Å². The maximum atomic E-state index is 12.1. The lowest BCUT2D eigenvalue weighted by Crippen LogP contribution is -2.20. The minimum absolute atomic E-state index is 0.0513. The molecule has 0 atom stereocenters. The first-order valence-corrected chi connectivity index (χ1v) is 7.93. The molecular weight excluding hydrogens is 354 g/mol. The summed E-state index contributed by atoms with van der Waals surface area (Å²) in [6.45, 7) is 2.80. The van der Waals surface area contributed by atoms with Crippen LogP contribution >= 0.6 is 0 Å². The molecule has 27 heavy (non-hydrogen) atoms. The summed E-state index contributed by atoms with van der Waals surface area (Å²) in [6.07, 6.45) is 0. The Labute approximate surface area is 155 Å². The van der Waals surface area contributed by atoms with E-state index in [-0.39, 0.29) is 24.0 Å². The maximum Gasteiger partial charge on any atom is 0.311 e. The Kier molecular flexibility index (Phi) is 6.32. The van der Waals surface area contributed by atoms with E-state index in [2.05, 4.69) is 10.6 Å². The summed E-state index contributed by atoms with van der Waals surface area (Å²) in [5.41, 5.74) is 1.36. The van der Waals surface area contributed by atoms with Gasteiger partial charge in [-0.1, -0.05) is 0 Å². The number of nitro groups is 1. The van der Waals surface area contributed by atoms with Crippen molar-refractivity contribution in [2.24, 2.45) is 0 Å². The first-order chi connectivity index (χ1) is 12.8. The number of rotatable bonds is 7. The van der Waals surface area contributed by atoms with Crippen LogP contribution in [-0.4, -0.2) is 30.5 Å². The third kappa shape index (κ3) is 5.43. The Hall–Kier alpha value is -3.62. The fourth-order valence-electron chi connectivity index (χ4n) is 2.29. The van der Waals surface area contributed by atoms with Gasteiger partial charge in [0.25, 0.3) is 5.91 Å². The number of benzene rings is 2. The van der Waals surface area contributed by atoms with Gasteiger partial charge >= 0.3 is 5.69 Å². The van der Waals surface area contributed by atoms with Gasteiger partial charge in [-0.2, -0.15) is 0 Å². The maximum absolute atomic E-state index is 12.1. The molecule has 142 valence electrons. The van der Waals surface area contributed by atoms with Crippen molar-refractivity contribution in [1.29, 1.82) is 0 Å². The largest absolute Gasteiger partial charge is 0.490 e. The Morgan fingerprint density at radius 1 is 1.15 bits per heavy atom. The van der Waals surface area contributed by atoms with Gasteiger partial charge < -0.3 is 20.1 Å². The molecule has 0 aliphatic heterocycles. The van der Waals surface area contributed by atoms with Crippen LogP contribution in [0, 0.1) is 17.0 Å². The van der Waals surface area contributed by atoms with Gasteiger partial charge in [0.15, 0.2) is 12.4 Å². The van der Waals surface area contributed by atoms with Crippen LogP contribution < -0.4 is 20.1 Å². The number of aryl methyl sites for hydroxylation is 1. The van der Waals surface area contributed by atoms with Crippen LogP contribution in [0.5, 0.6) is 11.5 Å². The second-order valence-electron chi connectivity index (χ2n) is 5.64. The second kappa shape index (κ2) is 8.65. The summed E-state index contributed by atoms with van der Waals surface area (Å²) in [5.74, 6) is -0.107. The second-order valence-corrected chi connectivity index (χ2v) is 5.64. The molecule has 0 saturated heterocycles. The van der Waals surface area contributed by atoms with Crippen molar-refractivity contribution >= 4 is 28.9 Å². The zero-order valence-electron chi connectivity index (χ0n) is 15.1. The normalized spacial score (nSPS) is 10.0. The van der Waals surface area contributed by atoms with Crippen LogP contribution in [0.15, 0.2) is 36.4 Å². The Balaban J connectivity index is 1.99. The molecule has 0 unspecified atom stereocenters. The number of hydrogen-bond acceptors (Lipinski definition) is 6. The number of nitrogens with zero attached hydrogens (tertiary/aromatic N) is 1. The Morgan fingerprint density at radius 3 is 2.37 bits per heavy atom. The Morgan fingerprint density at radius 2 is 1.81 bits per heavy atom. The van der Waals surface area contributed by atoms with Gasteiger partial charge in [-0.3, -0.25) is 19.7 Å². The lowest BCUT2D eigenvalue weighted by molar-refractivity contribution is -0.385. The lowest BCUT2D eigenvalue weighted by Gasteiger charge is -2.12. The van der Waals surface area contributed by atoms with E-state index in [4.69, 9.17) is 9.47 Å².